The lowest BCUT2D eigenvalue weighted by molar-refractivity contribution is -0.120. The van der Waals surface area contributed by atoms with E-state index in [9.17, 15) is 19.5 Å². The summed E-state index contributed by atoms with van der Waals surface area (Å²) in [7, 11) is 1.72. The molecule has 9 nitrogen and oxygen atoms in total. The average molecular weight is 587 g/mol. The number of ether oxygens (including phenoxy) is 1. The number of rotatable bonds is 7. The topological polar surface area (TPSA) is 111 Å². The Morgan fingerprint density at radius 3 is 2.56 bits per heavy atom. The predicted octanol–water partition coefficient (Wildman–Crippen LogP) is 5.74. The quantitative estimate of drug-likeness (QED) is 0.327. The number of aliphatic hydroxyl groups excluding tert-OH is 1. The van der Waals surface area contributed by atoms with Gasteiger partial charge < -0.3 is 30.3 Å². The number of amides is 4. The van der Waals surface area contributed by atoms with Gasteiger partial charge in [0.2, 0.25) is 5.91 Å². The van der Waals surface area contributed by atoms with E-state index in [1.807, 2.05) is 49.4 Å². The summed E-state index contributed by atoms with van der Waals surface area (Å²) < 4.78 is 6.45. The Bertz CT molecular complexity index is 1460. The van der Waals surface area contributed by atoms with Crippen LogP contribution in [-0.4, -0.2) is 71.6 Å². The van der Waals surface area contributed by atoms with Crippen LogP contribution < -0.4 is 15.4 Å². The summed E-state index contributed by atoms with van der Waals surface area (Å²) in [5, 5.41) is 18.0. The molecule has 1 heterocycles. The summed E-state index contributed by atoms with van der Waals surface area (Å²) in [6.07, 6.45) is 4.58. The number of fused-ring (bicyclic) bond motifs is 2. The van der Waals surface area contributed by atoms with Crippen molar-refractivity contribution in [3.63, 3.8) is 0 Å². The molecule has 0 spiro atoms. The van der Waals surface area contributed by atoms with Crippen molar-refractivity contribution in [2.45, 2.75) is 58.1 Å². The van der Waals surface area contributed by atoms with Gasteiger partial charge in [0, 0.05) is 36.5 Å². The van der Waals surface area contributed by atoms with Crippen molar-refractivity contribution in [2.24, 2.45) is 11.8 Å². The SMILES string of the molecule is C[C@H]1CN([C@@H](C)CO)C(=O)c2cc(NC(=O)C3CCCCC3)ccc2O[C@H]1CN(C)C(=O)Nc1cccc2ccccc12. The molecule has 3 aromatic rings. The molecule has 228 valence electrons. The number of nitrogens with one attached hydrogen (secondary N) is 2. The summed E-state index contributed by atoms with van der Waals surface area (Å²) in [6, 6.07) is 18.1. The smallest absolute Gasteiger partial charge is 0.321 e. The fraction of sp³-hybridized carbons (Fsp3) is 0.441. The lowest BCUT2D eigenvalue weighted by atomic mass is 9.88. The molecule has 0 radical (unpaired) electrons. The molecular formula is C34H42N4O5. The maximum absolute atomic E-state index is 13.8. The molecule has 3 atom stereocenters. The Kier molecular flexibility index (Phi) is 9.50. The standard InChI is InChI=1S/C34H42N4O5/c1-22-19-38(23(2)21-39)33(41)28-18-26(35-32(40)25-11-5-4-6-12-25)16-17-30(28)43-31(22)20-37(3)34(42)36-29-15-9-13-24-10-7-8-14-27(24)29/h7-10,13-18,22-23,25,31,39H,4-6,11-12,19-21H2,1-3H3,(H,35,40)(H,36,42)/t22-,23-,31-/m0/s1. The highest BCUT2D eigenvalue weighted by Gasteiger charge is 2.34. The number of hydrogen-bond donors (Lipinski definition) is 3. The van der Waals surface area contributed by atoms with E-state index in [1.54, 1.807) is 42.0 Å². The molecular weight excluding hydrogens is 544 g/mol. The van der Waals surface area contributed by atoms with E-state index >= 15 is 0 Å². The van der Waals surface area contributed by atoms with Gasteiger partial charge in [-0.05, 0) is 49.4 Å². The number of anilines is 2. The van der Waals surface area contributed by atoms with Gasteiger partial charge in [-0.3, -0.25) is 9.59 Å². The van der Waals surface area contributed by atoms with Crippen LogP contribution in [0.25, 0.3) is 10.8 Å². The van der Waals surface area contributed by atoms with Gasteiger partial charge in [0.05, 0.1) is 30.4 Å². The van der Waals surface area contributed by atoms with E-state index in [1.165, 1.54) is 0 Å². The molecule has 0 saturated heterocycles. The molecule has 1 fully saturated rings. The van der Waals surface area contributed by atoms with Crippen molar-refractivity contribution in [2.75, 3.05) is 37.4 Å². The van der Waals surface area contributed by atoms with E-state index < -0.39 is 12.1 Å². The highest BCUT2D eigenvalue weighted by molar-refractivity contribution is 6.02. The Hall–Kier alpha value is -4.11. The van der Waals surface area contributed by atoms with Gasteiger partial charge in [-0.2, -0.15) is 0 Å². The van der Waals surface area contributed by atoms with Crippen molar-refractivity contribution in [1.82, 2.24) is 9.80 Å². The third-order valence-electron chi connectivity index (χ3n) is 8.74. The predicted molar refractivity (Wildman–Crippen MR) is 168 cm³/mol. The first-order valence-corrected chi connectivity index (χ1v) is 15.3. The summed E-state index contributed by atoms with van der Waals surface area (Å²) in [5.74, 6) is -0.0725. The molecule has 0 aromatic heterocycles. The van der Waals surface area contributed by atoms with Gasteiger partial charge in [-0.25, -0.2) is 4.79 Å². The first-order chi connectivity index (χ1) is 20.7. The van der Waals surface area contributed by atoms with E-state index in [0.717, 1.165) is 48.6 Å². The Labute approximate surface area is 253 Å². The van der Waals surface area contributed by atoms with Gasteiger partial charge in [-0.1, -0.05) is 62.6 Å². The minimum atomic E-state index is -0.439. The van der Waals surface area contributed by atoms with Gasteiger partial charge in [0.15, 0.2) is 0 Å². The number of benzene rings is 3. The zero-order chi connectivity index (χ0) is 30.5. The average Bonchev–Trinajstić information content (AvgIpc) is 3.03. The van der Waals surface area contributed by atoms with Crippen LogP contribution in [0.5, 0.6) is 5.75 Å². The summed E-state index contributed by atoms with van der Waals surface area (Å²) >= 11 is 0. The molecule has 2 aliphatic rings. The number of urea groups is 1. The Morgan fingerprint density at radius 2 is 1.79 bits per heavy atom. The summed E-state index contributed by atoms with van der Waals surface area (Å²) in [6.45, 7) is 4.20. The number of hydrogen-bond acceptors (Lipinski definition) is 5. The number of likely N-dealkylation sites (N-methyl/N-ethyl adjacent to an activating group) is 1. The number of aliphatic hydroxyl groups is 1. The van der Waals surface area contributed by atoms with Crippen LogP contribution in [0.1, 0.15) is 56.3 Å². The third-order valence-corrected chi connectivity index (χ3v) is 8.74. The second kappa shape index (κ2) is 13.5. The minimum absolute atomic E-state index is 0.0191. The first kappa shape index (κ1) is 30.4. The molecule has 0 bridgehead atoms. The third kappa shape index (κ3) is 6.94. The van der Waals surface area contributed by atoms with E-state index in [-0.39, 0.29) is 42.8 Å². The monoisotopic (exact) mass is 586 g/mol. The molecule has 1 saturated carbocycles. The largest absolute Gasteiger partial charge is 0.487 e. The molecule has 3 N–H and O–H groups in total. The first-order valence-electron chi connectivity index (χ1n) is 15.3. The van der Waals surface area contributed by atoms with Crippen LogP contribution >= 0.6 is 0 Å². The van der Waals surface area contributed by atoms with Crippen LogP contribution in [0.2, 0.25) is 0 Å². The fourth-order valence-corrected chi connectivity index (χ4v) is 6.03. The molecule has 4 amide bonds. The summed E-state index contributed by atoms with van der Waals surface area (Å²) in [5.41, 5.74) is 1.59. The zero-order valence-corrected chi connectivity index (χ0v) is 25.2. The molecule has 0 unspecified atom stereocenters. The molecule has 1 aliphatic carbocycles. The van der Waals surface area contributed by atoms with Crippen molar-refractivity contribution in [1.29, 1.82) is 0 Å². The van der Waals surface area contributed by atoms with Gasteiger partial charge in [-0.15, -0.1) is 0 Å². The van der Waals surface area contributed by atoms with E-state index in [2.05, 4.69) is 10.6 Å². The van der Waals surface area contributed by atoms with Gasteiger partial charge in [0.25, 0.3) is 5.91 Å². The fourth-order valence-electron chi connectivity index (χ4n) is 6.03. The molecule has 5 rings (SSSR count). The zero-order valence-electron chi connectivity index (χ0n) is 25.2. The molecule has 1 aliphatic heterocycles. The Morgan fingerprint density at radius 1 is 1.05 bits per heavy atom. The second-order valence-electron chi connectivity index (χ2n) is 12.0. The normalized spacial score (nSPS) is 19.9. The summed E-state index contributed by atoms with van der Waals surface area (Å²) in [4.78, 5) is 43.2. The lowest BCUT2D eigenvalue weighted by Crippen LogP contribution is -2.50. The van der Waals surface area contributed by atoms with Gasteiger partial charge in [0.1, 0.15) is 11.9 Å². The maximum atomic E-state index is 13.8. The van der Waals surface area contributed by atoms with Gasteiger partial charge >= 0.3 is 6.03 Å². The van der Waals surface area contributed by atoms with Crippen LogP contribution in [0.3, 0.4) is 0 Å². The van der Waals surface area contributed by atoms with E-state index in [0.29, 0.717) is 23.5 Å². The van der Waals surface area contributed by atoms with Crippen molar-refractivity contribution < 1.29 is 24.2 Å². The Balaban J connectivity index is 1.36. The van der Waals surface area contributed by atoms with E-state index in [4.69, 9.17) is 4.74 Å². The lowest BCUT2D eigenvalue weighted by Gasteiger charge is -2.38. The molecule has 9 heteroatoms. The van der Waals surface area contributed by atoms with Crippen molar-refractivity contribution in [3.8, 4) is 5.75 Å². The van der Waals surface area contributed by atoms with Crippen LogP contribution in [-0.2, 0) is 4.79 Å². The number of nitrogens with zero attached hydrogens (tertiary/aromatic N) is 2. The van der Waals surface area contributed by atoms with Crippen LogP contribution in [0.15, 0.2) is 60.7 Å². The highest BCUT2D eigenvalue weighted by atomic mass is 16.5. The minimum Gasteiger partial charge on any atom is -0.487 e. The maximum Gasteiger partial charge on any atom is 0.321 e. The number of carbonyl (C=O) groups excluding carboxylic acids is 3. The highest BCUT2D eigenvalue weighted by Crippen LogP contribution is 2.32. The molecule has 43 heavy (non-hydrogen) atoms. The second-order valence-corrected chi connectivity index (χ2v) is 12.0. The van der Waals surface area contributed by atoms with Crippen LogP contribution in [0.4, 0.5) is 16.2 Å². The van der Waals surface area contributed by atoms with Crippen LogP contribution in [0, 0.1) is 11.8 Å². The van der Waals surface area contributed by atoms with Crippen molar-refractivity contribution >= 4 is 40.0 Å². The molecule has 3 aromatic carbocycles. The number of carbonyl (C=O) groups is 3. The van der Waals surface area contributed by atoms with Crippen molar-refractivity contribution in [3.05, 3.63) is 66.2 Å².